The lowest BCUT2D eigenvalue weighted by Gasteiger charge is -2.13. The highest BCUT2D eigenvalue weighted by Crippen LogP contribution is 2.21. The lowest BCUT2D eigenvalue weighted by molar-refractivity contribution is -0.118. The van der Waals surface area contributed by atoms with Gasteiger partial charge in [-0.15, -0.1) is 12.4 Å². The van der Waals surface area contributed by atoms with Crippen molar-refractivity contribution in [2.75, 3.05) is 19.0 Å². The van der Waals surface area contributed by atoms with E-state index in [9.17, 15) is 4.79 Å². The number of anilines is 1. The van der Waals surface area contributed by atoms with Crippen molar-refractivity contribution in [3.05, 3.63) is 30.5 Å². The van der Waals surface area contributed by atoms with Crippen LogP contribution in [0.4, 0.5) is 5.69 Å². The Morgan fingerprint density at radius 3 is 2.82 bits per heavy atom. The van der Waals surface area contributed by atoms with Gasteiger partial charge in [-0.3, -0.25) is 4.79 Å². The number of carbonyl (C=O) groups is 1. The highest BCUT2D eigenvalue weighted by Gasteiger charge is 2.12. The number of rotatable bonds is 7. The van der Waals surface area contributed by atoms with Gasteiger partial charge in [-0.2, -0.15) is 0 Å². The van der Waals surface area contributed by atoms with Crippen LogP contribution in [-0.4, -0.2) is 30.2 Å². The first kappa shape index (κ1) is 18.5. The number of methoxy groups -OCH3 is 1. The van der Waals surface area contributed by atoms with Crippen molar-refractivity contribution in [2.45, 2.75) is 32.4 Å². The summed E-state index contributed by atoms with van der Waals surface area (Å²) < 4.78 is 7.32. The van der Waals surface area contributed by atoms with Gasteiger partial charge in [0.1, 0.15) is 0 Å². The summed E-state index contributed by atoms with van der Waals surface area (Å²) in [6.07, 6.45) is 3.18. The molecule has 1 heterocycles. The number of nitrogens with one attached hydrogen (secondary N) is 1. The van der Waals surface area contributed by atoms with Crippen molar-refractivity contribution in [1.82, 2.24) is 4.57 Å². The molecule has 122 valence electrons. The van der Waals surface area contributed by atoms with Crippen LogP contribution in [0.5, 0.6) is 0 Å². The fourth-order valence-electron chi connectivity index (χ4n) is 2.38. The number of amides is 1. The Labute approximate surface area is 137 Å². The molecule has 0 aliphatic rings. The Balaban J connectivity index is 0.00000242. The van der Waals surface area contributed by atoms with E-state index in [4.69, 9.17) is 10.5 Å². The number of hydrogen-bond donors (Lipinski definition) is 2. The van der Waals surface area contributed by atoms with E-state index in [0.29, 0.717) is 6.54 Å². The second kappa shape index (κ2) is 8.78. The number of nitrogens with zero attached hydrogens (tertiary/aromatic N) is 1. The van der Waals surface area contributed by atoms with E-state index in [2.05, 4.69) is 29.1 Å². The molecule has 3 N–H and O–H groups in total. The number of nitrogens with two attached hydrogens (primary N) is 1. The molecule has 0 aliphatic carbocycles. The third-order valence-electron chi connectivity index (χ3n) is 3.53. The molecule has 0 fully saturated rings. The molecule has 22 heavy (non-hydrogen) atoms. The fourth-order valence-corrected chi connectivity index (χ4v) is 2.38. The molecular weight excluding hydrogens is 302 g/mol. The van der Waals surface area contributed by atoms with Gasteiger partial charge in [0.2, 0.25) is 5.91 Å². The molecule has 1 unspecified atom stereocenters. The molecule has 2 aromatic rings. The standard InChI is InChI=1S/C16H23N3O2.ClH/c1-3-7-19-8-6-12-4-5-13(9-15(12)19)18-16(20)10-14(11-17)21-2;/h4-6,8-9,14H,3,7,10-11,17H2,1-2H3,(H,18,20);1H. The summed E-state index contributed by atoms with van der Waals surface area (Å²) in [5.41, 5.74) is 7.47. The van der Waals surface area contributed by atoms with E-state index in [0.717, 1.165) is 24.2 Å². The first-order valence-electron chi connectivity index (χ1n) is 7.29. The molecule has 0 saturated carbocycles. The van der Waals surface area contributed by atoms with E-state index in [1.165, 1.54) is 5.39 Å². The third kappa shape index (κ3) is 4.47. The highest BCUT2D eigenvalue weighted by atomic mass is 35.5. The smallest absolute Gasteiger partial charge is 0.227 e. The minimum atomic E-state index is -0.238. The molecule has 1 atom stereocenters. The summed E-state index contributed by atoms with van der Waals surface area (Å²) in [5, 5.41) is 4.08. The summed E-state index contributed by atoms with van der Waals surface area (Å²) >= 11 is 0. The normalized spacial score (nSPS) is 12.0. The van der Waals surface area contributed by atoms with Crippen molar-refractivity contribution >= 4 is 34.9 Å². The van der Waals surface area contributed by atoms with Crippen LogP contribution in [-0.2, 0) is 16.1 Å². The summed E-state index contributed by atoms with van der Waals surface area (Å²) in [7, 11) is 1.56. The van der Waals surface area contributed by atoms with Gasteiger partial charge < -0.3 is 20.4 Å². The quantitative estimate of drug-likeness (QED) is 0.822. The highest BCUT2D eigenvalue weighted by molar-refractivity contribution is 5.94. The maximum atomic E-state index is 12.0. The van der Waals surface area contributed by atoms with E-state index in [1.54, 1.807) is 7.11 Å². The van der Waals surface area contributed by atoms with Crippen molar-refractivity contribution in [2.24, 2.45) is 5.73 Å². The van der Waals surface area contributed by atoms with Crippen LogP contribution in [0.1, 0.15) is 19.8 Å². The maximum absolute atomic E-state index is 12.0. The third-order valence-corrected chi connectivity index (χ3v) is 3.53. The van der Waals surface area contributed by atoms with Crippen LogP contribution in [0.25, 0.3) is 10.9 Å². The van der Waals surface area contributed by atoms with Gasteiger partial charge >= 0.3 is 0 Å². The summed E-state index contributed by atoms with van der Waals surface area (Å²) in [6.45, 7) is 3.46. The average molecular weight is 326 g/mol. The summed E-state index contributed by atoms with van der Waals surface area (Å²) in [4.78, 5) is 12.0. The Bertz CT molecular complexity index is 608. The lowest BCUT2D eigenvalue weighted by atomic mass is 10.2. The van der Waals surface area contributed by atoms with E-state index in [1.807, 2.05) is 18.2 Å². The van der Waals surface area contributed by atoms with E-state index < -0.39 is 0 Å². The molecular formula is C16H24ClN3O2. The van der Waals surface area contributed by atoms with Crippen molar-refractivity contribution in [3.8, 4) is 0 Å². The Morgan fingerprint density at radius 2 is 2.18 bits per heavy atom. The maximum Gasteiger partial charge on any atom is 0.227 e. The number of ether oxygens (including phenoxy) is 1. The van der Waals surface area contributed by atoms with Crippen LogP contribution in [0.2, 0.25) is 0 Å². The number of carbonyl (C=O) groups excluding carboxylic acids is 1. The molecule has 0 saturated heterocycles. The number of halogens is 1. The van der Waals surface area contributed by atoms with Crippen LogP contribution in [0.3, 0.4) is 0 Å². The molecule has 1 aromatic heterocycles. The molecule has 0 aliphatic heterocycles. The molecule has 0 radical (unpaired) electrons. The van der Waals surface area contributed by atoms with Crippen molar-refractivity contribution in [1.29, 1.82) is 0 Å². The Kier molecular flexibility index (Phi) is 7.38. The average Bonchev–Trinajstić information content (AvgIpc) is 2.88. The van der Waals surface area contributed by atoms with Crippen LogP contribution < -0.4 is 11.1 Å². The zero-order chi connectivity index (χ0) is 15.2. The molecule has 1 aromatic carbocycles. The minimum Gasteiger partial charge on any atom is -0.380 e. The zero-order valence-corrected chi connectivity index (χ0v) is 13.9. The molecule has 1 amide bonds. The summed E-state index contributed by atoms with van der Waals surface area (Å²) in [6, 6.07) is 8.04. The number of hydrogen-bond acceptors (Lipinski definition) is 3. The van der Waals surface area contributed by atoms with Crippen molar-refractivity contribution in [3.63, 3.8) is 0 Å². The predicted molar refractivity (Wildman–Crippen MR) is 92.6 cm³/mol. The first-order valence-corrected chi connectivity index (χ1v) is 7.29. The zero-order valence-electron chi connectivity index (χ0n) is 13.0. The number of benzene rings is 1. The van der Waals surface area contributed by atoms with Gasteiger partial charge in [0, 0.05) is 32.1 Å². The van der Waals surface area contributed by atoms with Crippen LogP contribution in [0, 0.1) is 0 Å². The first-order chi connectivity index (χ1) is 10.2. The number of aromatic nitrogens is 1. The van der Waals surface area contributed by atoms with Crippen LogP contribution in [0.15, 0.2) is 30.5 Å². The second-order valence-electron chi connectivity index (χ2n) is 5.13. The van der Waals surface area contributed by atoms with Gasteiger partial charge in [0.05, 0.1) is 18.0 Å². The molecule has 2 rings (SSSR count). The predicted octanol–water partition coefficient (Wildman–Crippen LogP) is 2.78. The van der Waals surface area contributed by atoms with Gasteiger partial charge in [0.15, 0.2) is 0 Å². The van der Waals surface area contributed by atoms with E-state index >= 15 is 0 Å². The molecule has 6 heteroatoms. The van der Waals surface area contributed by atoms with Crippen LogP contribution >= 0.6 is 12.4 Å². The van der Waals surface area contributed by atoms with Gasteiger partial charge in [0.25, 0.3) is 0 Å². The van der Waals surface area contributed by atoms with Gasteiger partial charge in [-0.05, 0) is 30.0 Å². The topological polar surface area (TPSA) is 69.3 Å². The monoisotopic (exact) mass is 325 g/mol. The number of aryl methyl sites for hydroxylation is 1. The summed E-state index contributed by atoms with van der Waals surface area (Å²) in [5.74, 6) is -0.0831. The SMILES string of the molecule is CCCn1ccc2ccc(NC(=O)CC(CN)OC)cc21.Cl. The van der Waals surface area contributed by atoms with Crippen molar-refractivity contribution < 1.29 is 9.53 Å². The van der Waals surface area contributed by atoms with E-state index in [-0.39, 0.29) is 30.8 Å². The molecule has 0 bridgehead atoms. The second-order valence-corrected chi connectivity index (χ2v) is 5.13. The fraction of sp³-hybridized carbons (Fsp3) is 0.438. The largest absolute Gasteiger partial charge is 0.380 e. The lowest BCUT2D eigenvalue weighted by Crippen LogP contribution is -2.28. The van der Waals surface area contributed by atoms with Gasteiger partial charge in [-0.1, -0.05) is 13.0 Å². The Morgan fingerprint density at radius 1 is 1.41 bits per heavy atom. The molecule has 0 spiro atoms. The minimum absolute atomic E-state index is 0. The molecule has 5 nitrogen and oxygen atoms in total. The Hall–Kier alpha value is -1.56. The number of fused-ring (bicyclic) bond motifs is 1. The van der Waals surface area contributed by atoms with Gasteiger partial charge in [-0.25, -0.2) is 0 Å².